The van der Waals surface area contributed by atoms with E-state index in [2.05, 4.69) is 173 Å². The molecule has 3 heterocycles. The van der Waals surface area contributed by atoms with Crippen LogP contribution in [0.3, 0.4) is 0 Å². The predicted molar refractivity (Wildman–Crippen MR) is 205 cm³/mol. The molecule has 0 N–H and O–H groups in total. The molecule has 8 aromatic carbocycles. The fraction of sp³-hybridized carbons (Fsp3) is 0. The van der Waals surface area contributed by atoms with Crippen molar-refractivity contribution < 1.29 is 4.42 Å². The van der Waals surface area contributed by atoms with Crippen LogP contribution in [0, 0.1) is 0 Å². The predicted octanol–water partition coefficient (Wildman–Crippen LogP) is 12.6. The fourth-order valence-electron chi connectivity index (χ4n) is 8.16. The molecule has 0 aliphatic heterocycles. The zero-order valence-electron chi connectivity index (χ0n) is 26.5. The lowest BCUT2D eigenvalue weighted by Crippen LogP contribution is -1.97. The summed E-state index contributed by atoms with van der Waals surface area (Å²) in [5.74, 6) is 0. The normalized spacial score (nSPS) is 12.1. The van der Waals surface area contributed by atoms with E-state index in [-0.39, 0.29) is 0 Å². The standard InChI is InChI=1S/C46H28N2O/c1-2-13-30-26-31(25-24-29(30)12-1)32-14-3-7-18-38(32)47-39-19-8-4-15-33(39)36-28-43-37(27-42(36)47)34-16-5-9-20-40(34)48(43)41-21-11-23-45-46(41)35-17-6-10-22-44(35)49-45/h1-28H. The lowest BCUT2D eigenvalue weighted by molar-refractivity contribution is 0.669. The Morgan fingerprint density at radius 1 is 0.347 bits per heavy atom. The highest BCUT2D eigenvalue weighted by atomic mass is 16.3. The molecular weight excluding hydrogens is 597 g/mol. The molecule has 0 saturated heterocycles. The maximum absolute atomic E-state index is 6.35. The number of hydrogen-bond acceptors (Lipinski definition) is 1. The Labute approximate surface area is 281 Å². The SMILES string of the molecule is c1ccc(-n2c3ccccc3c3cc4c(cc32)c2ccccc2n4-c2cccc3oc4ccccc4c23)c(-c2ccc3ccccc3c2)c1. The number of nitrogens with zero attached hydrogens (tertiary/aromatic N) is 2. The zero-order chi connectivity index (χ0) is 32.1. The Bertz CT molecular complexity index is 3120. The molecule has 228 valence electrons. The van der Waals surface area contributed by atoms with Crippen LogP contribution >= 0.6 is 0 Å². The first-order valence-electron chi connectivity index (χ1n) is 16.8. The van der Waals surface area contributed by atoms with E-state index < -0.39 is 0 Å². The van der Waals surface area contributed by atoms with Crippen molar-refractivity contribution in [2.45, 2.75) is 0 Å². The summed E-state index contributed by atoms with van der Waals surface area (Å²) in [5.41, 5.74) is 11.2. The minimum absolute atomic E-state index is 0.896. The first-order chi connectivity index (χ1) is 24.3. The van der Waals surface area contributed by atoms with E-state index in [1.165, 1.54) is 71.2 Å². The summed E-state index contributed by atoms with van der Waals surface area (Å²) in [4.78, 5) is 0. The number of rotatable bonds is 3. The van der Waals surface area contributed by atoms with Crippen molar-refractivity contribution in [2.75, 3.05) is 0 Å². The number of fused-ring (bicyclic) bond motifs is 10. The van der Waals surface area contributed by atoms with Gasteiger partial charge in [-0.05, 0) is 70.9 Å². The van der Waals surface area contributed by atoms with Crippen LogP contribution in [0.15, 0.2) is 174 Å². The molecular formula is C46H28N2O. The molecule has 0 fully saturated rings. The van der Waals surface area contributed by atoms with Gasteiger partial charge in [-0.2, -0.15) is 0 Å². The van der Waals surface area contributed by atoms with E-state index in [1.807, 2.05) is 6.07 Å². The molecule has 0 bridgehead atoms. The van der Waals surface area contributed by atoms with E-state index >= 15 is 0 Å². The second-order valence-corrected chi connectivity index (χ2v) is 12.9. The number of aromatic nitrogens is 2. The van der Waals surface area contributed by atoms with Crippen LogP contribution in [0.4, 0.5) is 0 Å². The maximum atomic E-state index is 6.35. The van der Waals surface area contributed by atoms with Gasteiger partial charge in [0.2, 0.25) is 0 Å². The van der Waals surface area contributed by atoms with Crippen molar-refractivity contribution in [1.82, 2.24) is 9.13 Å². The molecule has 0 spiro atoms. The third-order valence-electron chi connectivity index (χ3n) is 10.3. The number of para-hydroxylation sites is 4. The van der Waals surface area contributed by atoms with Crippen molar-refractivity contribution in [3.05, 3.63) is 170 Å². The van der Waals surface area contributed by atoms with Gasteiger partial charge in [-0.3, -0.25) is 0 Å². The second-order valence-electron chi connectivity index (χ2n) is 12.9. The quantitative estimate of drug-likeness (QED) is 0.192. The second kappa shape index (κ2) is 9.96. The minimum Gasteiger partial charge on any atom is -0.456 e. The first kappa shape index (κ1) is 26.5. The molecule has 0 atom stereocenters. The van der Waals surface area contributed by atoms with Gasteiger partial charge >= 0.3 is 0 Å². The molecule has 0 aliphatic carbocycles. The van der Waals surface area contributed by atoms with Crippen molar-refractivity contribution >= 4 is 76.3 Å². The monoisotopic (exact) mass is 624 g/mol. The maximum Gasteiger partial charge on any atom is 0.137 e. The minimum atomic E-state index is 0.896. The molecule has 49 heavy (non-hydrogen) atoms. The van der Waals surface area contributed by atoms with Crippen LogP contribution in [0.5, 0.6) is 0 Å². The summed E-state index contributed by atoms with van der Waals surface area (Å²) < 4.78 is 11.2. The van der Waals surface area contributed by atoms with Crippen LogP contribution in [0.2, 0.25) is 0 Å². The van der Waals surface area contributed by atoms with Crippen molar-refractivity contribution in [2.24, 2.45) is 0 Å². The molecule has 3 nitrogen and oxygen atoms in total. The van der Waals surface area contributed by atoms with Crippen LogP contribution in [0.25, 0.3) is 98.8 Å². The fourth-order valence-corrected chi connectivity index (χ4v) is 8.16. The largest absolute Gasteiger partial charge is 0.456 e. The summed E-state index contributed by atoms with van der Waals surface area (Å²) in [7, 11) is 0. The van der Waals surface area contributed by atoms with Gasteiger partial charge in [0.15, 0.2) is 0 Å². The van der Waals surface area contributed by atoms with Crippen LogP contribution < -0.4 is 0 Å². The van der Waals surface area contributed by atoms with Crippen LogP contribution in [0.1, 0.15) is 0 Å². The molecule has 0 radical (unpaired) electrons. The molecule has 0 unspecified atom stereocenters. The summed E-state index contributed by atoms with van der Waals surface area (Å²) in [5, 5.41) is 9.66. The van der Waals surface area contributed by atoms with Gasteiger partial charge in [-0.1, -0.05) is 115 Å². The van der Waals surface area contributed by atoms with Gasteiger partial charge in [-0.15, -0.1) is 0 Å². The topological polar surface area (TPSA) is 23.0 Å². The average Bonchev–Trinajstić information content (AvgIpc) is 3.81. The molecule has 0 aliphatic rings. The van der Waals surface area contributed by atoms with Gasteiger partial charge < -0.3 is 13.6 Å². The Morgan fingerprint density at radius 2 is 0.918 bits per heavy atom. The molecule has 0 saturated carbocycles. The van der Waals surface area contributed by atoms with Gasteiger partial charge in [-0.25, -0.2) is 0 Å². The van der Waals surface area contributed by atoms with E-state index in [0.717, 1.165) is 27.6 Å². The Hall–Kier alpha value is -6.58. The smallest absolute Gasteiger partial charge is 0.137 e. The summed E-state index contributed by atoms with van der Waals surface area (Å²) >= 11 is 0. The Kier molecular flexibility index (Phi) is 5.38. The van der Waals surface area contributed by atoms with E-state index in [0.29, 0.717) is 0 Å². The van der Waals surface area contributed by atoms with Gasteiger partial charge in [0, 0.05) is 32.5 Å². The Morgan fingerprint density at radius 3 is 1.69 bits per heavy atom. The lowest BCUT2D eigenvalue weighted by atomic mass is 9.99. The van der Waals surface area contributed by atoms with Gasteiger partial charge in [0.1, 0.15) is 11.2 Å². The number of hydrogen-bond donors (Lipinski definition) is 0. The molecule has 3 heteroatoms. The average molecular weight is 625 g/mol. The van der Waals surface area contributed by atoms with Crippen LogP contribution in [-0.2, 0) is 0 Å². The third kappa shape index (κ3) is 3.73. The highest BCUT2D eigenvalue weighted by Gasteiger charge is 2.21. The lowest BCUT2D eigenvalue weighted by Gasteiger charge is -2.15. The van der Waals surface area contributed by atoms with Crippen molar-refractivity contribution in [1.29, 1.82) is 0 Å². The summed E-state index contributed by atoms with van der Waals surface area (Å²) in [6, 6.07) is 61.4. The van der Waals surface area contributed by atoms with Crippen molar-refractivity contribution in [3.63, 3.8) is 0 Å². The highest BCUT2D eigenvalue weighted by molar-refractivity contribution is 6.20. The van der Waals surface area contributed by atoms with E-state index in [4.69, 9.17) is 4.42 Å². The first-order valence-corrected chi connectivity index (χ1v) is 16.8. The highest BCUT2D eigenvalue weighted by Crippen LogP contribution is 2.43. The molecule has 11 rings (SSSR count). The van der Waals surface area contributed by atoms with E-state index in [9.17, 15) is 0 Å². The van der Waals surface area contributed by atoms with Crippen LogP contribution in [-0.4, -0.2) is 9.13 Å². The van der Waals surface area contributed by atoms with E-state index in [1.54, 1.807) is 0 Å². The number of benzene rings is 8. The molecule has 3 aromatic heterocycles. The van der Waals surface area contributed by atoms with Gasteiger partial charge in [0.05, 0.1) is 38.8 Å². The number of furan rings is 1. The van der Waals surface area contributed by atoms with Gasteiger partial charge in [0.25, 0.3) is 0 Å². The Balaban J connectivity index is 1.25. The third-order valence-corrected chi connectivity index (χ3v) is 10.3. The zero-order valence-corrected chi connectivity index (χ0v) is 26.5. The summed E-state index contributed by atoms with van der Waals surface area (Å²) in [6.45, 7) is 0. The van der Waals surface area contributed by atoms with Crippen molar-refractivity contribution in [3.8, 4) is 22.5 Å². The molecule has 11 aromatic rings. The molecule has 0 amide bonds. The summed E-state index contributed by atoms with van der Waals surface area (Å²) in [6.07, 6.45) is 0.